The summed E-state index contributed by atoms with van der Waals surface area (Å²) in [6, 6.07) is 22.9. The van der Waals surface area contributed by atoms with E-state index in [1.165, 1.54) is 21.9 Å². The molecule has 3 aromatic rings. The van der Waals surface area contributed by atoms with E-state index >= 15 is 0 Å². The van der Waals surface area contributed by atoms with E-state index in [0.29, 0.717) is 13.2 Å². The molecule has 0 saturated carbocycles. The minimum atomic E-state index is 0.577. The van der Waals surface area contributed by atoms with Crippen molar-refractivity contribution in [3.05, 3.63) is 77.9 Å². The largest absolute Gasteiger partial charge is 0.489 e. The molecule has 0 aliphatic heterocycles. The second-order valence-corrected chi connectivity index (χ2v) is 5.11. The Morgan fingerprint density at radius 1 is 0.857 bits per heavy atom. The molecule has 0 fully saturated rings. The monoisotopic (exact) mass is 277 g/mol. The molecule has 0 radical (unpaired) electrons. The Labute approximate surface area is 125 Å². The zero-order chi connectivity index (χ0) is 14.5. The molecule has 0 aromatic heterocycles. The summed E-state index contributed by atoms with van der Waals surface area (Å²) < 4.78 is 5.95. The molecule has 2 heteroatoms. The van der Waals surface area contributed by atoms with Crippen molar-refractivity contribution in [3.63, 3.8) is 0 Å². The van der Waals surface area contributed by atoms with Gasteiger partial charge in [-0.15, -0.1) is 0 Å². The third kappa shape index (κ3) is 3.23. The van der Waals surface area contributed by atoms with E-state index in [-0.39, 0.29) is 0 Å². The Morgan fingerprint density at radius 3 is 2.57 bits per heavy atom. The van der Waals surface area contributed by atoms with Crippen LogP contribution in [0.15, 0.2) is 66.7 Å². The van der Waals surface area contributed by atoms with E-state index in [1.54, 1.807) is 0 Å². The molecule has 0 unspecified atom stereocenters. The number of hydrogen-bond acceptors (Lipinski definition) is 2. The molecule has 0 bridgehead atoms. The summed E-state index contributed by atoms with van der Waals surface area (Å²) in [5.74, 6) is 0.897. The van der Waals surface area contributed by atoms with Gasteiger partial charge in [-0.1, -0.05) is 54.6 Å². The van der Waals surface area contributed by atoms with Crippen molar-refractivity contribution in [2.75, 3.05) is 6.54 Å². The molecule has 0 amide bonds. The van der Waals surface area contributed by atoms with Crippen molar-refractivity contribution in [2.45, 2.75) is 13.0 Å². The van der Waals surface area contributed by atoms with Gasteiger partial charge >= 0.3 is 0 Å². The molecule has 3 aromatic carbocycles. The van der Waals surface area contributed by atoms with Crippen LogP contribution in [0.4, 0.5) is 0 Å². The second-order valence-electron chi connectivity index (χ2n) is 5.11. The van der Waals surface area contributed by atoms with Gasteiger partial charge in [0.1, 0.15) is 12.4 Å². The summed E-state index contributed by atoms with van der Waals surface area (Å²) >= 11 is 0. The first-order valence-corrected chi connectivity index (χ1v) is 7.25. The molecule has 106 valence electrons. The van der Waals surface area contributed by atoms with Crippen molar-refractivity contribution in [1.29, 1.82) is 0 Å². The lowest BCUT2D eigenvalue weighted by atomic mass is 10.1. The van der Waals surface area contributed by atoms with Crippen molar-refractivity contribution in [3.8, 4) is 5.75 Å². The third-order valence-corrected chi connectivity index (χ3v) is 3.61. The molecule has 2 nitrogen and oxygen atoms in total. The predicted molar refractivity (Wildman–Crippen MR) is 87.5 cm³/mol. The fourth-order valence-electron chi connectivity index (χ4n) is 2.54. The van der Waals surface area contributed by atoms with Crippen LogP contribution in [0.3, 0.4) is 0 Å². The summed E-state index contributed by atoms with van der Waals surface area (Å²) in [6.45, 7) is 1.24. The zero-order valence-corrected chi connectivity index (χ0v) is 12.0. The lowest BCUT2D eigenvalue weighted by Crippen LogP contribution is -2.03. The fourth-order valence-corrected chi connectivity index (χ4v) is 2.54. The molecule has 0 saturated heterocycles. The SMILES string of the molecule is NCCc1cccc(OCc2cccc3ccccc23)c1. The van der Waals surface area contributed by atoms with Crippen molar-refractivity contribution in [2.24, 2.45) is 5.73 Å². The quantitative estimate of drug-likeness (QED) is 0.767. The minimum Gasteiger partial charge on any atom is -0.489 e. The van der Waals surface area contributed by atoms with E-state index in [1.807, 2.05) is 12.1 Å². The Hall–Kier alpha value is -2.32. The Kier molecular flexibility index (Phi) is 4.17. The number of ether oxygens (including phenoxy) is 1. The first kappa shape index (κ1) is 13.7. The highest BCUT2D eigenvalue weighted by Crippen LogP contribution is 2.21. The van der Waals surface area contributed by atoms with E-state index in [2.05, 4.69) is 54.6 Å². The highest BCUT2D eigenvalue weighted by molar-refractivity contribution is 5.85. The highest BCUT2D eigenvalue weighted by atomic mass is 16.5. The van der Waals surface area contributed by atoms with E-state index in [0.717, 1.165) is 12.2 Å². The van der Waals surface area contributed by atoms with Gasteiger partial charge in [0.15, 0.2) is 0 Å². The molecule has 2 N–H and O–H groups in total. The van der Waals surface area contributed by atoms with Gasteiger partial charge in [0.25, 0.3) is 0 Å². The molecule has 0 aliphatic carbocycles. The molecule has 0 spiro atoms. The van der Waals surface area contributed by atoms with Crippen LogP contribution in [0, 0.1) is 0 Å². The Balaban J connectivity index is 1.79. The Morgan fingerprint density at radius 2 is 1.67 bits per heavy atom. The average Bonchev–Trinajstić information content (AvgIpc) is 2.53. The molecular weight excluding hydrogens is 258 g/mol. The van der Waals surface area contributed by atoms with Crippen LogP contribution in [0.1, 0.15) is 11.1 Å². The molecular formula is C19H19NO. The van der Waals surface area contributed by atoms with Crippen LogP contribution in [-0.2, 0) is 13.0 Å². The lowest BCUT2D eigenvalue weighted by Gasteiger charge is -2.10. The van der Waals surface area contributed by atoms with Crippen LogP contribution < -0.4 is 10.5 Å². The zero-order valence-electron chi connectivity index (χ0n) is 12.0. The van der Waals surface area contributed by atoms with Crippen LogP contribution in [0.5, 0.6) is 5.75 Å². The van der Waals surface area contributed by atoms with Gasteiger partial charge < -0.3 is 10.5 Å². The molecule has 21 heavy (non-hydrogen) atoms. The number of benzene rings is 3. The molecule has 0 atom stereocenters. The van der Waals surface area contributed by atoms with E-state index in [9.17, 15) is 0 Å². The van der Waals surface area contributed by atoms with Crippen LogP contribution in [-0.4, -0.2) is 6.54 Å². The van der Waals surface area contributed by atoms with Gasteiger partial charge in [0.05, 0.1) is 0 Å². The standard InChI is InChI=1S/C19H19NO/c20-12-11-15-5-3-9-18(13-15)21-14-17-8-4-7-16-6-1-2-10-19(16)17/h1-10,13H,11-12,14,20H2. The van der Waals surface area contributed by atoms with Gasteiger partial charge in [-0.25, -0.2) is 0 Å². The molecule has 3 rings (SSSR count). The number of fused-ring (bicyclic) bond motifs is 1. The first-order valence-electron chi connectivity index (χ1n) is 7.25. The average molecular weight is 277 g/mol. The van der Waals surface area contributed by atoms with Crippen molar-refractivity contribution >= 4 is 10.8 Å². The van der Waals surface area contributed by atoms with Gasteiger partial charge in [0.2, 0.25) is 0 Å². The molecule has 0 aliphatic rings. The van der Waals surface area contributed by atoms with E-state index < -0.39 is 0 Å². The van der Waals surface area contributed by atoms with Crippen molar-refractivity contribution < 1.29 is 4.74 Å². The summed E-state index contributed by atoms with van der Waals surface area (Å²) in [5.41, 5.74) is 8.02. The maximum absolute atomic E-state index is 5.95. The lowest BCUT2D eigenvalue weighted by molar-refractivity contribution is 0.307. The third-order valence-electron chi connectivity index (χ3n) is 3.61. The fraction of sp³-hybridized carbons (Fsp3) is 0.158. The topological polar surface area (TPSA) is 35.2 Å². The predicted octanol–water partition coefficient (Wildman–Crippen LogP) is 3.92. The summed E-state index contributed by atoms with van der Waals surface area (Å²) in [7, 11) is 0. The van der Waals surface area contributed by atoms with Crippen LogP contribution >= 0.6 is 0 Å². The normalized spacial score (nSPS) is 10.7. The van der Waals surface area contributed by atoms with Gasteiger partial charge in [-0.3, -0.25) is 0 Å². The summed E-state index contributed by atoms with van der Waals surface area (Å²) in [6.07, 6.45) is 0.880. The summed E-state index contributed by atoms with van der Waals surface area (Å²) in [4.78, 5) is 0. The van der Waals surface area contributed by atoms with Crippen LogP contribution in [0.25, 0.3) is 10.8 Å². The van der Waals surface area contributed by atoms with E-state index in [4.69, 9.17) is 10.5 Å². The maximum Gasteiger partial charge on any atom is 0.120 e. The minimum absolute atomic E-state index is 0.577. The van der Waals surface area contributed by atoms with Gasteiger partial charge in [0, 0.05) is 0 Å². The first-order chi connectivity index (χ1) is 10.4. The van der Waals surface area contributed by atoms with Crippen molar-refractivity contribution in [1.82, 2.24) is 0 Å². The Bertz CT molecular complexity index is 731. The number of hydrogen-bond donors (Lipinski definition) is 1. The summed E-state index contributed by atoms with van der Waals surface area (Å²) in [5, 5.41) is 2.49. The van der Waals surface area contributed by atoms with Crippen LogP contribution in [0.2, 0.25) is 0 Å². The number of nitrogens with two attached hydrogens (primary N) is 1. The second kappa shape index (κ2) is 6.42. The molecule has 0 heterocycles. The highest BCUT2D eigenvalue weighted by Gasteiger charge is 2.02. The smallest absolute Gasteiger partial charge is 0.120 e. The van der Waals surface area contributed by atoms with Gasteiger partial charge in [-0.2, -0.15) is 0 Å². The maximum atomic E-state index is 5.95. The van der Waals surface area contributed by atoms with Gasteiger partial charge in [-0.05, 0) is 47.0 Å². The number of rotatable bonds is 5.